The van der Waals surface area contributed by atoms with E-state index in [1.165, 1.54) is 14.0 Å². The number of nitrogens with one attached hydrogen (secondary N) is 2. The minimum Gasteiger partial charge on any atom is -0.453 e. The molecule has 1 aromatic heterocycles. The topological polar surface area (TPSA) is 136 Å². The van der Waals surface area contributed by atoms with E-state index in [1.807, 2.05) is 38.1 Å². The molecule has 0 spiro atoms. The highest BCUT2D eigenvalue weighted by molar-refractivity contribution is 5.97. The first-order chi connectivity index (χ1) is 21.5. The third kappa shape index (κ3) is 7.67. The second kappa shape index (κ2) is 14.3. The van der Waals surface area contributed by atoms with E-state index in [-0.39, 0.29) is 59.7 Å². The molecule has 3 aliphatic heterocycles. The Hall–Kier alpha value is -3.48. The van der Waals surface area contributed by atoms with Gasteiger partial charge in [-0.15, -0.1) is 0 Å². The fourth-order valence-corrected chi connectivity index (χ4v) is 7.49. The predicted molar refractivity (Wildman–Crippen MR) is 171 cm³/mol. The van der Waals surface area contributed by atoms with Crippen LogP contribution in [0, 0.1) is 0 Å². The second-order valence-corrected chi connectivity index (χ2v) is 13.2. The molecule has 3 fully saturated rings. The van der Waals surface area contributed by atoms with Gasteiger partial charge in [0.2, 0.25) is 5.91 Å². The number of benzene rings is 1. The molecule has 3 amide bonds. The van der Waals surface area contributed by atoms with Crippen LogP contribution >= 0.6 is 0 Å². The lowest BCUT2D eigenvalue weighted by Crippen LogP contribution is -2.54. The first-order valence-corrected chi connectivity index (χ1v) is 16.2. The van der Waals surface area contributed by atoms with E-state index in [2.05, 4.69) is 25.2 Å². The van der Waals surface area contributed by atoms with Gasteiger partial charge in [0, 0.05) is 76.4 Å². The molecule has 0 aliphatic carbocycles. The van der Waals surface area contributed by atoms with Crippen molar-refractivity contribution < 1.29 is 24.2 Å². The Bertz CT molecular complexity index is 1430. The average Bonchev–Trinajstić information content (AvgIpc) is 3.53. The molecular weight excluding hydrogens is 576 g/mol. The molecule has 1 aromatic carbocycles. The number of alkyl carbamates (subject to hydrolysis) is 1. The third-order valence-corrected chi connectivity index (χ3v) is 9.69. The Morgan fingerprint density at radius 1 is 1.07 bits per heavy atom. The van der Waals surface area contributed by atoms with Crippen LogP contribution in [0.2, 0.25) is 0 Å². The van der Waals surface area contributed by atoms with E-state index >= 15 is 0 Å². The molecule has 3 aliphatic rings. The van der Waals surface area contributed by atoms with Crippen molar-refractivity contribution in [3.05, 3.63) is 46.2 Å². The molecule has 12 nitrogen and oxygen atoms in total. The Balaban J connectivity index is 1.14. The molecule has 246 valence electrons. The maximum atomic E-state index is 13.4. The molecule has 3 N–H and O–H groups in total. The van der Waals surface area contributed by atoms with Crippen LogP contribution in [-0.2, 0) is 9.53 Å². The van der Waals surface area contributed by atoms with Gasteiger partial charge in [0.25, 0.3) is 11.5 Å². The van der Waals surface area contributed by atoms with Gasteiger partial charge in [-0.2, -0.15) is 0 Å². The minimum atomic E-state index is -0.692. The summed E-state index contributed by atoms with van der Waals surface area (Å²) in [7, 11) is 1.35. The van der Waals surface area contributed by atoms with E-state index in [9.17, 15) is 24.3 Å². The zero-order chi connectivity index (χ0) is 32.2. The van der Waals surface area contributed by atoms with E-state index in [1.54, 1.807) is 15.5 Å². The number of carbonyl (C=O) groups excluding carboxylic acids is 3. The van der Waals surface area contributed by atoms with Crippen molar-refractivity contribution in [3.63, 3.8) is 0 Å². The van der Waals surface area contributed by atoms with Gasteiger partial charge in [-0.05, 0) is 63.5 Å². The van der Waals surface area contributed by atoms with Gasteiger partial charge in [-0.25, -0.2) is 4.79 Å². The fraction of sp³-hybridized carbons (Fsp3) is 0.636. The number of hydrogen-bond acceptors (Lipinski definition) is 8. The Morgan fingerprint density at radius 3 is 2.44 bits per heavy atom. The summed E-state index contributed by atoms with van der Waals surface area (Å²) in [6, 6.07) is 9.69. The lowest BCUT2D eigenvalue weighted by atomic mass is 9.96. The summed E-state index contributed by atoms with van der Waals surface area (Å²) in [6.07, 6.45) is 3.20. The van der Waals surface area contributed by atoms with Crippen LogP contribution in [0.4, 0.5) is 4.79 Å². The number of piperidine rings is 1. The molecule has 12 heteroatoms. The first-order valence-electron chi connectivity index (χ1n) is 16.2. The number of rotatable bonds is 11. The highest BCUT2D eigenvalue weighted by atomic mass is 16.5. The highest BCUT2D eigenvalue weighted by Crippen LogP contribution is 2.36. The van der Waals surface area contributed by atoms with E-state index in [0.717, 1.165) is 49.6 Å². The predicted octanol–water partition coefficient (Wildman–Crippen LogP) is 1.95. The number of amides is 3. The first kappa shape index (κ1) is 32.9. The van der Waals surface area contributed by atoms with Crippen LogP contribution in [-0.4, -0.2) is 119 Å². The maximum absolute atomic E-state index is 13.4. The molecular formula is C33H48N6O6. The SMILES string of the molecule is COC(=O)N[C@@H]1CCN(CCN(CC(O)CN2[C@H]3CC[C@H]2CC(NC(=O)c2cc4ccccc4n(C(C)C)c2=O)C3)C(C)=O)C1. The summed E-state index contributed by atoms with van der Waals surface area (Å²) in [5, 5.41) is 17.9. The van der Waals surface area contributed by atoms with Gasteiger partial charge in [0.05, 0.1) is 18.7 Å². The van der Waals surface area contributed by atoms with Crippen molar-refractivity contribution in [1.82, 2.24) is 29.9 Å². The van der Waals surface area contributed by atoms with Gasteiger partial charge < -0.3 is 29.9 Å². The number of aliphatic hydroxyl groups is 1. The van der Waals surface area contributed by atoms with Crippen molar-refractivity contribution >= 4 is 28.8 Å². The van der Waals surface area contributed by atoms with Crippen molar-refractivity contribution in [1.29, 1.82) is 0 Å². The fourth-order valence-electron chi connectivity index (χ4n) is 7.49. The number of likely N-dealkylation sites (tertiary alicyclic amines) is 1. The molecule has 1 unspecified atom stereocenters. The normalized spacial score (nSPS) is 24.1. The summed E-state index contributed by atoms with van der Waals surface area (Å²) in [4.78, 5) is 57.0. The van der Waals surface area contributed by atoms with Crippen LogP contribution in [0.5, 0.6) is 0 Å². The largest absolute Gasteiger partial charge is 0.453 e. The van der Waals surface area contributed by atoms with Crippen molar-refractivity contribution in [2.45, 2.75) is 89.2 Å². The van der Waals surface area contributed by atoms with Crippen LogP contribution in [0.3, 0.4) is 0 Å². The van der Waals surface area contributed by atoms with Crippen LogP contribution in [0.25, 0.3) is 10.9 Å². The molecule has 2 bridgehead atoms. The molecule has 4 heterocycles. The van der Waals surface area contributed by atoms with Crippen LogP contribution < -0.4 is 16.2 Å². The molecule has 4 atom stereocenters. The van der Waals surface area contributed by atoms with Gasteiger partial charge >= 0.3 is 6.09 Å². The standard InChI is InChI=1S/C33H48N6O6/c1-21(2)39-30-8-6-5-7-23(30)15-29(32(39)43)31(42)34-25-16-26-9-10-27(17-25)38(26)20-28(41)19-37(22(3)40)14-13-36-12-11-24(18-36)35-33(44)45-4/h5-8,15,21,24-28,41H,9-14,16-20H2,1-4H3,(H,34,42)(H,35,44)/t24-,26+,27+,28?/m1/s1. The smallest absolute Gasteiger partial charge is 0.407 e. The highest BCUT2D eigenvalue weighted by Gasteiger charge is 2.42. The summed E-state index contributed by atoms with van der Waals surface area (Å²) < 4.78 is 6.37. The number of para-hydroxylation sites is 1. The van der Waals surface area contributed by atoms with Crippen molar-refractivity contribution in [2.75, 3.05) is 46.4 Å². The van der Waals surface area contributed by atoms with Gasteiger partial charge in [0.1, 0.15) is 5.56 Å². The lowest BCUT2D eigenvalue weighted by molar-refractivity contribution is -0.130. The van der Waals surface area contributed by atoms with Gasteiger partial charge in [-0.1, -0.05) is 18.2 Å². The second-order valence-electron chi connectivity index (χ2n) is 13.2. The Labute approximate surface area is 264 Å². The van der Waals surface area contributed by atoms with E-state index in [0.29, 0.717) is 26.2 Å². The number of carbonyl (C=O) groups is 3. The van der Waals surface area contributed by atoms with Gasteiger partial charge in [0.15, 0.2) is 0 Å². The van der Waals surface area contributed by atoms with Crippen molar-refractivity contribution in [2.24, 2.45) is 0 Å². The summed E-state index contributed by atoms with van der Waals surface area (Å²) in [5.74, 6) is -0.410. The van der Waals surface area contributed by atoms with Crippen LogP contribution in [0.15, 0.2) is 35.1 Å². The molecule has 0 radical (unpaired) electrons. The zero-order valence-electron chi connectivity index (χ0n) is 26.9. The number of aliphatic hydroxyl groups excluding tert-OH is 1. The number of ether oxygens (including phenoxy) is 1. The Kier molecular flexibility index (Phi) is 10.5. The quantitative estimate of drug-likeness (QED) is 0.345. The van der Waals surface area contributed by atoms with E-state index in [4.69, 9.17) is 0 Å². The number of aromatic nitrogens is 1. The Morgan fingerprint density at radius 2 is 1.78 bits per heavy atom. The number of nitrogens with zero attached hydrogens (tertiary/aromatic N) is 4. The third-order valence-electron chi connectivity index (χ3n) is 9.69. The average molecular weight is 625 g/mol. The molecule has 0 saturated carbocycles. The summed E-state index contributed by atoms with van der Waals surface area (Å²) >= 11 is 0. The zero-order valence-corrected chi connectivity index (χ0v) is 26.9. The summed E-state index contributed by atoms with van der Waals surface area (Å²) in [5.41, 5.74) is 0.711. The summed E-state index contributed by atoms with van der Waals surface area (Å²) in [6.45, 7) is 8.85. The van der Waals surface area contributed by atoms with Crippen molar-refractivity contribution in [3.8, 4) is 0 Å². The number of methoxy groups -OCH3 is 1. The molecule has 45 heavy (non-hydrogen) atoms. The number of fused-ring (bicyclic) bond motifs is 3. The molecule has 5 rings (SSSR count). The molecule has 3 saturated heterocycles. The lowest BCUT2D eigenvalue weighted by Gasteiger charge is -2.40. The number of hydrogen-bond donors (Lipinski definition) is 3. The molecule has 2 aromatic rings. The van der Waals surface area contributed by atoms with Gasteiger partial charge in [-0.3, -0.25) is 24.2 Å². The maximum Gasteiger partial charge on any atom is 0.407 e. The minimum absolute atomic E-state index is 0.0309. The van der Waals surface area contributed by atoms with Crippen LogP contribution in [0.1, 0.15) is 69.3 Å². The number of pyridine rings is 1. The monoisotopic (exact) mass is 624 g/mol. The van der Waals surface area contributed by atoms with E-state index < -0.39 is 12.2 Å².